The smallest absolute Gasteiger partial charge is 0.260 e. The molecule has 0 bridgehead atoms. The molecule has 0 spiro atoms. The van der Waals surface area contributed by atoms with Gasteiger partial charge in [0.1, 0.15) is 5.75 Å². The Morgan fingerprint density at radius 1 is 1.00 bits per heavy atom. The van der Waals surface area contributed by atoms with Crippen molar-refractivity contribution < 1.29 is 19.1 Å². The summed E-state index contributed by atoms with van der Waals surface area (Å²) in [5.41, 5.74) is 1.43. The third kappa shape index (κ3) is 5.67. The summed E-state index contributed by atoms with van der Waals surface area (Å²) in [4.78, 5) is 38.2. The molecular weight excluding hydrogens is 368 g/mol. The second-order valence-electron chi connectivity index (χ2n) is 7.10. The van der Waals surface area contributed by atoms with E-state index in [2.05, 4.69) is 5.32 Å². The zero-order chi connectivity index (χ0) is 20.6. The second kappa shape index (κ2) is 9.87. The van der Waals surface area contributed by atoms with Crippen LogP contribution in [0.15, 0.2) is 54.6 Å². The highest BCUT2D eigenvalue weighted by Crippen LogP contribution is 2.20. The van der Waals surface area contributed by atoms with Crippen molar-refractivity contribution in [1.29, 1.82) is 0 Å². The number of hydrogen-bond acceptors (Lipinski definition) is 4. The van der Waals surface area contributed by atoms with Crippen LogP contribution >= 0.6 is 0 Å². The van der Waals surface area contributed by atoms with E-state index in [-0.39, 0.29) is 30.1 Å². The quantitative estimate of drug-likeness (QED) is 0.729. The van der Waals surface area contributed by atoms with Crippen LogP contribution in [0.5, 0.6) is 5.75 Å². The van der Waals surface area contributed by atoms with Crippen molar-refractivity contribution in [2.45, 2.75) is 26.2 Å². The SMILES string of the molecule is CCC(=O)c1ccc(OCC(=O)N2CCC(C(=O)Nc3ccccc3)CC2)cc1. The molecule has 1 heterocycles. The van der Waals surface area contributed by atoms with E-state index in [0.717, 1.165) is 5.69 Å². The van der Waals surface area contributed by atoms with E-state index in [4.69, 9.17) is 4.74 Å². The lowest BCUT2D eigenvalue weighted by atomic mass is 9.95. The molecule has 2 aromatic rings. The number of Topliss-reactive ketones (excluding diaryl/α,β-unsaturated/α-hetero) is 1. The first-order valence-electron chi connectivity index (χ1n) is 9.96. The summed E-state index contributed by atoms with van der Waals surface area (Å²) in [6.45, 7) is 2.85. The number of nitrogens with zero attached hydrogens (tertiary/aromatic N) is 1. The molecule has 6 heteroatoms. The largest absolute Gasteiger partial charge is 0.484 e. The Bertz CT molecular complexity index is 841. The molecule has 2 aromatic carbocycles. The molecule has 0 atom stereocenters. The lowest BCUT2D eigenvalue weighted by Gasteiger charge is -2.31. The average molecular weight is 394 g/mol. The molecule has 0 saturated carbocycles. The van der Waals surface area contributed by atoms with Crippen molar-refractivity contribution in [2.75, 3.05) is 25.0 Å². The van der Waals surface area contributed by atoms with E-state index in [9.17, 15) is 14.4 Å². The maximum Gasteiger partial charge on any atom is 0.260 e. The lowest BCUT2D eigenvalue weighted by Crippen LogP contribution is -2.43. The van der Waals surface area contributed by atoms with E-state index < -0.39 is 0 Å². The first-order chi connectivity index (χ1) is 14.1. The topological polar surface area (TPSA) is 75.7 Å². The molecule has 152 valence electrons. The van der Waals surface area contributed by atoms with E-state index in [1.165, 1.54) is 0 Å². The van der Waals surface area contributed by atoms with Gasteiger partial charge in [-0.15, -0.1) is 0 Å². The van der Waals surface area contributed by atoms with Crippen LogP contribution in [-0.4, -0.2) is 42.2 Å². The maximum atomic E-state index is 12.4. The van der Waals surface area contributed by atoms with Gasteiger partial charge in [-0.25, -0.2) is 0 Å². The van der Waals surface area contributed by atoms with Crippen LogP contribution in [0.25, 0.3) is 0 Å². The van der Waals surface area contributed by atoms with E-state index in [0.29, 0.717) is 43.7 Å². The number of piperidine rings is 1. The molecular formula is C23H26N2O4. The molecule has 1 fully saturated rings. The molecule has 0 aromatic heterocycles. The lowest BCUT2D eigenvalue weighted by molar-refractivity contribution is -0.136. The van der Waals surface area contributed by atoms with Crippen molar-refractivity contribution in [3.8, 4) is 5.75 Å². The average Bonchev–Trinajstić information content (AvgIpc) is 2.78. The Labute approximate surface area is 170 Å². The number of nitrogens with one attached hydrogen (secondary N) is 1. The number of ketones is 1. The van der Waals surface area contributed by atoms with Gasteiger partial charge in [0.05, 0.1) is 0 Å². The van der Waals surface area contributed by atoms with Gasteiger partial charge in [0.25, 0.3) is 5.91 Å². The monoisotopic (exact) mass is 394 g/mol. The number of anilines is 1. The zero-order valence-corrected chi connectivity index (χ0v) is 16.6. The number of carbonyl (C=O) groups is 3. The minimum absolute atomic E-state index is 0.00117. The minimum atomic E-state index is -0.0966. The van der Waals surface area contributed by atoms with Gasteiger partial charge in [0.2, 0.25) is 5.91 Å². The van der Waals surface area contributed by atoms with Crippen molar-refractivity contribution in [3.63, 3.8) is 0 Å². The fourth-order valence-corrected chi connectivity index (χ4v) is 3.33. The Morgan fingerprint density at radius 3 is 2.28 bits per heavy atom. The second-order valence-corrected chi connectivity index (χ2v) is 7.10. The molecule has 3 rings (SSSR count). The fraction of sp³-hybridized carbons (Fsp3) is 0.348. The molecule has 6 nitrogen and oxygen atoms in total. The van der Waals surface area contributed by atoms with E-state index >= 15 is 0 Å². The molecule has 1 aliphatic heterocycles. The van der Waals surface area contributed by atoms with Crippen molar-refractivity contribution in [1.82, 2.24) is 4.90 Å². The normalized spacial score (nSPS) is 14.3. The number of amides is 2. The van der Waals surface area contributed by atoms with Crippen molar-refractivity contribution in [2.24, 2.45) is 5.92 Å². The van der Waals surface area contributed by atoms with Crippen LogP contribution in [0.2, 0.25) is 0 Å². The maximum absolute atomic E-state index is 12.4. The van der Waals surface area contributed by atoms with Crippen LogP contribution in [0, 0.1) is 5.92 Å². The van der Waals surface area contributed by atoms with Gasteiger partial charge >= 0.3 is 0 Å². The summed E-state index contributed by atoms with van der Waals surface area (Å²) in [7, 11) is 0. The molecule has 0 radical (unpaired) electrons. The first-order valence-corrected chi connectivity index (χ1v) is 9.96. The highest BCUT2D eigenvalue weighted by molar-refractivity contribution is 5.96. The molecule has 2 amide bonds. The predicted octanol–water partition coefficient (Wildman–Crippen LogP) is 3.54. The van der Waals surface area contributed by atoms with E-state index in [1.54, 1.807) is 29.2 Å². The fourth-order valence-electron chi connectivity index (χ4n) is 3.33. The number of ether oxygens (including phenoxy) is 1. The van der Waals surface area contributed by atoms with Gasteiger partial charge in [-0.3, -0.25) is 14.4 Å². The summed E-state index contributed by atoms with van der Waals surface area (Å²) in [5.74, 6) is 0.445. The Kier molecular flexibility index (Phi) is 7.00. The van der Waals surface area contributed by atoms with Gasteiger partial charge in [-0.2, -0.15) is 0 Å². The van der Waals surface area contributed by atoms with Gasteiger partial charge in [-0.1, -0.05) is 25.1 Å². The van der Waals surface area contributed by atoms with Crippen LogP contribution in [0.3, 0.4) is 0 Å². The summed E-state index contributed by atoms with van der Waals surface area (Å²) in [5, 5.41) is 2.93. The number of likely N-dealkylation sites (tertiary alicyclic amines) is 1. The minimum Gasteiger partial charge on any atom is -0.484 e. The predicted molar refractivity (Wildman–Crippen MR) is 111 cm³/mol. The van der Waals surface area contributed by atoms with Crippen LogP contribution in [0.1, 0.15) is 36.5 Å². The third-order valence-corrected chi connectivity index (χ3v) is 5.12. The number of hydrogen-bond donors (Lipinski definition) is 1. The first kappa shape index (κ1) is 20.6. The van der Waals surface area contributed by atoms with Gasteiger partial charge < -0.3 is 15.0 Å². The summed E-state index contributed by atoms with van der Waals surface area (Å²) in [6.07, 6.45) is 1.73. The highest BCUT2D eigenvalue weighted by Gasteiger charge is 2.27. The highest BCUT2D eigenvalue weighted by atomic mass is 16.5. The Balaban J connectivity index is 1.43. The zero-order valence-electron chi connectivity index (χ0n) is 16.6. The Morgan fingerprint density at radius 2 is 1.66 bits per heavy atom. The van der Waals surface area contributed by atoms with Crippen LogP contribution in [0.4, 0.5) is 5.69 Å². The third-order valence-electron chi connectivity index (χ3n) is 5.12. The van der Waals surface area contributed by atoms with Crippen molar-refractivity contribution >= 4 is 23.3 Å². The Hall–Kier alpha value is -3.15. The number of rotatable bonds is 7. The summed E-state index contributed by atoms with van der Waals surface area (Å²) >= 11 is 0. The standard InChI is InChI=1S/C23H26N2O4/c1-2-21(26)17-8-10-20(11-9-17)29-16-22(27)25-14-12-18(13-15-25)23(28)24-19-6-4-3-5-7-19/h3-11,18H,2,12-16H2,1H3,(H,24,28). The summed E-state index contributed by atoms with van der Waals surface area (Å²) < 4.78 is 5.56. The number of benzene rings is 2. The van der Waals surface area contributed by atoms with Gasteiger partial charge in [-0.05, 0) is 49.2 Å². The number of para-hydroxylation sites is 1. The summed E-state index contributed by atoms with van der Waals surface area (Å²) in [6, 6.07) is 16.2. The van der Waals surface area contributed by atoms with Crippen molar-refractivity contribution in [3.05, 3.63) is 60.2 Å². The molecule has 1 saturated heterocycles. The van der Waals surface area contributed by atoms with Gasteiger partial charge in [0, 0.05) is 36.7 Å². The van der Waals surface area contributed by atoms with Gasteiger partial charge in [0.15, 0.2) is 12.4 Å². The molecule has 1 N–H and O–H groups in total. The van der Waals surface area contributed by atoms with E-state index in [1.807, 2.05) is 37.3 Å². The molecule has 29 heavy (non-hydrogen) atoms. The van der Waals surface area contributed by atoms with Crippen LogP contribution in [-0.2, 0) is 9.59 Å². The van der Waals surface area contributed by atoms with Crippen LogP contribution < -0.4 is 10.1 Å². The molecule has 0 aliphatic carbocycles. The molecule has 0 unspecified atom stereocenters. The molecule has 1 aliphatic rings. The number of carbonyl (C=O) groups excluding carboxylic acids is 3.